The summed E-state index contributed by atoms with van der Waals surface area (Å²) in [6, 6.07) is 0. The summed E-state index contributed by atoms with van der Waals surface area (Å²) in [5.74, 6) is 0.866. The first-order valence-corrected chi connectivity index (χ1v) is 3.75. The number of hydrogen-bond acceptors (Lipinski definition) is 2. The standard InChI is InChI=1S/C7H13NO/c1-2-8-4-7(5-8)6-9-3-1/h7H,1-6H2. The molecule has 0 aromatic rings. The molecule has 3 fully saturated rings. The second kappa shape index (κ2) is 2.27. The lowest BCUT2D eigenvalue weighted by Crippen LogP contribution is -2.50. The minimum Gasteiger partial charge on any atom is -0.381 e. The topological polar surface area (TPSA) is 12.5 Å². The average Bonchev–Trinajstić information content (AvgIpc) is 1.54. The fourth-order valence-corrected chi connectivity index (χ4v) is 1.61. The van der Waals surface area contributed by atoms with Crippen LogP contribution in [0.5, 0.6) is 0 Å². The lowest BCUT2D eigenvalue weighted by Gasteiger charge is -2.40. The summed E-state index contributed by atoms with van der Waals surface area (Å²) in [6.07, 6.45) is 1.23. The van der Waals surface area contributed by atoms with Crippen LogP contribution in [0.15, 0.2) is 0 Å². The second-order valence-corrected chi connectivity index (χ2v) is 3.05. The number of fused-ring (bicyclic) bond motifs is 4. The molecule has 3 aliphatic heterocycles. The Balaban J connectivity index is 1.85. The molecule has 3 saturated heterocycles. The van der Waals surface area contributed by atoms with E-state index in [1.165, 1.54) is 26.1 Å². The van der Waals surface area contributed by atoms with Crippen molar-refractivity contribution in [2.24, 2.45) is 5.92 Å². The molecule has 0 amide bonds. The van der Waals surface area contributed by atoms with Crippen molar-refractivity contribution < 1.29 is 4.74 Å². The van der Waals surface area contributed by atoms with Crippen LogP contribution in [0.2, 0.25) is 0 Å². The summed E-state index contributed by atoms with van der Waals surface area (Å²) < 4.78 is 5.40. The van der Waals surface area contributed by atoms with E-state index in [4.69, 9.17) is 4.74 Å². The van der Waals surface area contributed by atoms with Crippen molar-refractivity contribution in [1.82, 2.24) is 4.90 Å². The van der Waals surface area contributed by atoms with Crippen LogP contribution in [0.4, 0.5) is 0 Å². The van der Waals surface area contributed by atoms with Crippen molar-refractivity contribution in [3.63, 3.8) is 0 Å². The zero-order valence-electron chi connectivity index (χ0n) is 5.68. The van der Waals surface area contributed by atoms with Gasteiger partial charge in [-0.3, -0.25) is 0 Å². The fraction of sp³-hybridized carbons (Fsp3) is 1.00. The molecule has 0 aliphatic carbocycles. The van der Waals surface area contributed by atoms with Gasteiger partial charge >= 0.3 is 0 Å². The van der Waals surface area contributed by atoms with Crippen LogP contribution >= 0.6 is 0 Å². The molecule has 0 radical (unpaired) electrons. The third-order valence-electron chi connectivity index (χ3n) is 2.15. The van der Waals surface area contributed by atoms with Crippen LogP contribution in [0, 0.1) is 5.92 Å². The Hall–Kier alpha value is -0.0800. The molecule has 0 atom stereocenters. The van der Waals surface area contributed by atoms with Crippen molar-refractivity contribution in [1.29, 1.82) is 0 Å². The Kier molecular flexibility index (Phi) is 1.44. The minimum atomic E-state index is 0.866. The summed E-state index contributed by atoms with van der Waals surface area (Å²) >= 11 is 0. The van der Waals surface area contributed by atoms with Gasteiger partial charge in [0.05, 0.1) is 6.61 Å². The van der Waals surface area contributed by atoms with E-state index in [0.29, 0.717) is 0 Å². The average molecular weight is 127 g/mol. The normalized spacial score (nSPS) is 42.7. The van der Waals surface area contributed by atoms with Crippen LogP contribution < -0.4 is 0 Å². The molecule has 0 aromatic carbocycles. The van der Waals surface area contributed by atoms with E-state index < -0.39 is 0 Å². The van der Waals surface area contributed by atoms with Crippen molar-refractivity contribution >= 4 is 0 Å². The maximum Gasteiger partial charge on any atom is 0.0518 e. The first-order valence-electron chi connectivity index (χ1n) is 3.75. The minimum absolute atomic E-state index is 0.866. The largest absolute Gasteiger partial charge is 0.381 e. The van der Waals surface area contributed by atoms with E-state index in [9.17, 15) is 0 Å². The van der Waals surface area contributed by atoms with E-state index in [2.05, 4.69) is 4.90 Å². The highest BCUT2D eigenvalue weighted by Gasteiger charge is 2.27. The summed E-state index contributed by atoms with van der Waals surface area (Å²) in [4.78, 5) is 2.51. The van der Waals surface area contributed by atoms with Crippen LogP contribution in [-0.4, -0.2) is 37.7 Å². The highest BCUT2D eigenvalue weighted by Crippen LogP contribution is 2.17. The summed E-state index contributed by atoms with van der Waals surface area (Å²) in [5, 5.41) is 0. The second-order valence-electron chi connectivity index (χ2n) is 3.05. The van der Waals surface area contributed by atoms with Crippen molar-refractivity contribution in [2.75, 3.05) is 32.8 Å². The number of ether oxygens (including phenoxy) is 1. The van der Waals surface area contributed by atoms with Gasteiger partial charge in [-0.15, -0.1) is 0 Å². The zero-order chi connectivity index (χ0) is 6.10. The van der Waals surface area contributed by atoms with Gasteiger partial charge in [-0.1, -0.05) is 0 Å². The number of nitrogens with zero attached hydrogens (tertiary/aromatic N) is 1. The van der Waals surface area contributed by atoms with Gasteiger partial charge in [0.25, 0.3) is 0 Å². The molecule has 2 bridgehead atoms. The SMILES string of the molecule is C1COCC2CN(C1)C2. The first-order chi connectivity index (χ1) is 4.45. The van der Waals surface area contributed by atoms with Gasteiger partial charge in [0.15, 0.2) is 0 Å². The molecule has 0 saturated carbocycles. The summed E-state index contributed by atoms with van der Waals surface area (Å²) in [6.45, 7) is 5.83. The van der Waals surface area contributed by atoms with Crippen molar-refractivity contribution in [2.45, 2.75) is 6.42 Å². The molecule has 3 aliphatic rings. The maximum atomic E-state index is 5.40. The monoisotopic (exact) mass is 127 g/mol. The molecule has 0 spiro atoms. The smallest absolute Gasteiger partial charge is 0.0518 e. The molecule has 0 N–H and O–H groups in total. The van der Waals surface area contributed by atoms with Gasteiger partial charge in [0.2, 0.25) is 0 Å². The maximum absolute atomic E-state index is 5.40. The van der Waals surface area contributed by atoms with Gasteiger partial charge < -0.3 is 9.64 Å². The Bertz CT molecular complexity index is 83.6. The van der Waals surface area contributed by atoms with Gasteiger partial charge in [0.1, 0.15) is 0 Å². The third-order valence-corrected chi connectivity index (χ3v) is 2.15. The third kappa shape index (κ3) is 1.10. The highest BCUT2D eigenvalue weighted by atomic mass is 16.5. The van der Waals surface area contributed by atoms with Gasteiger partial charge in [-0.25, -0.2) is 0 Å². The number of rotatable bonds is 0. The quantitative estimate of drug-likeness (QED) is 0.465. The van der Waals surface area contributed by atoms with E-state index in [1.807, 2.05) is 0 Å². The van der Waals surface area contributed by atoms with E-state index in [-0.39, 0.29) is 0 Å². The van der Waals surface area contributed by atoms with E-state index >= 15 is 0 Å². The summed E-state index contributed by atoms with van der Waals surface area (Å²) in [7, 11) is 0. The first kappa shape index (κ1) is 5.69. The molecular weight excluding hydrogens is 114 g/mol. The lowest BCUT2D eigenvalue weighted by atomic mass is 10.0. The summed E-state index contributed by atoms with van der Waals surface area (Å²) in [5.41, 5.74) is 0. The van der Waals surface area contributed by atoms with Crippen molar-refractivity contribution in [3.8, 4) is 0 Å². The molecule has 3 heterocycles. The fourth-order valence-electron chi connectivity index (χ4n) is 1.61. The molecule has 52 valence electrons. The molecule has 0 aromatic heterocycles. The van der Waals surface area contributed by atoms with Crippen LogP contribution in [0.1, 0.15) is 6.42 Å². The Morgan fingerprint density at radius 2 is 2.22 bits per heavy atom. The van der Waals surface area contributed by atoms with Crippen LogP contribution in [0.25, 0.3) is 0 Å². The molecule has 9 heavy (non-hydrogen) atoms. The predicted octanol–water partition coefficient (Wildman–Crippen LogP) is 0.339. The van der Waals surface area contributed by atoms with E-state index in [0.717, 1.165) is 19.1 Å². The van der Waals surface area contributed by atoms with Gasteiger partial charge in [0, 0.05) is 32.2 Å². The highest BCUT2D eigenvalue weighted by molar-refractivity contribution is 4.80. The Labute approximate surface area is 55.8 Å². The number of hydrogen-bond donors (Lipinski definition) is 0. The van der Waals surface area contributed by atoms with Crippen LogP contribution in [-0.2, 0) is 4.74 Å². The Morgan fingerprint density at radius 3 is 3.11 bits per heavy atom. The molecule has 3 rings (SSSR count). The van der Waals surface area contributed by atoms with Gasteiger partial charge in [-0.05, 0) is 6.42 Å². The van der Waals surface area contributed by atoms with E-state index in [1.54, 1.807) is 0 Å². The van der Waals surface area contributed by atoms with Gasteiger partial charge in [-0.2, -0.15) is 0 Å². The molecular formula is C7H13NO. The molecule has 2 heteroatoms. The Morgan fingerprint density at radius 1 is 1.33 bits per heavy atom. The zero-order valence-corrected chi connectivity index (χ0v) is 5.68. The predicted molar refractivity (Wildman–Crippen MR) is 35.4 cm³/mol. The van der Waals surface area contributed by atoms with Crippen LogP contribution in [0.3, 0.4) is 0 Å². The lowest BCUT2D eigenvalue weighted by molar-refractivity contribution is -0.0172. The van der Waals surface area contributed by atoms with Crippen molar-refractivity contribution in [3.05, 3.63) is 0 Å². The molecule has 0 unspecified atom stereocenters. The molecule has 2 nitrogen and oxygen atoms in total.